The standard InChI is InChI=1S/C21H26FN3O4S2/c1-28-19-8-3-16(15-20(19)29-2)9-10-23-21(30)24-11-13-25(14-12-24)31(26,27)18-6-4-17(22)5-7-18/h3-8,15H,9-14H2,1-2H3,(H,23,30). The maximum Gasteiger partial charge on any atom is 0.243 e. The lowest BCUT2D eigenvalue weighted by molar-refractivity contribution is 0.264. The van der Waals surface area contributed by atoms with E-state index in [-0.39, 0.29) is 4.90 Å². The summed E-state index contributed by atoms with van der Waals surface area (Å²) in [6.45, 7) is 2.25. The van der Waals surface area contributed by atoms with Crippen molar-refractivity contribution in [3.05, 3.63) is 53.8 Å². The van der Waals surface area contributed by atoms with Crippen molar-refractivity contribution in [1.82, 2.24) is 14.5 Å². The van der Waals surface area contributed by atoms with Crippen LogP contribution < -0.4 is 14.8 Å². The maximum atomic E-state index is 13.1. The summed E-state index contributed by atoms with van der Waals surface area (Å²) in [5, 5.41) is 3.83. The highest BCUT2D eigenvalue weighted by Gasteiger charge is 2.29. The molecule has 1 aliphatic heterocycles. The SMILES string of the molecule is COc1ccc(CCNC(=S)N2CCN(S(=O)(=O)c3ccc(F)cc3)CC2)cc1OC. The van der Waals surface area contributed by atoms with E-state index in [0.29, 0.717) is 49.3 Å². The highest BCUT2D eigenvalue weighted by atomic mass is 32.2. The number of methoxy groups -OCH3 is 2. The number of nitrogens with zero attached hydrogens (tertiary/aromatic N) is 2. The Labute approximate surface area is 187 Å². The monoisotopic (exact) mass is 467 g/mol. The summed E-state index contributed by atoms with van der Waals surface area (Å²) in [4.78, 5) is 2.05. The van der Waals surface area contributed by atoms with Gasteiger partial charge in [0.15, 0.2) is 16.6 Å². The first-order valence-corrected chi connectivity index (χ1v) is 11.7. The van der Waals surface area contributed by atoms with Gasteiger partial charge in [-0.2, -0.15) is 4.31 Å². The number of hydrogen-bond acceptors (Lipinski definition) is 5. The molecule has 31 heavy (non-hydrogen) atoms. The Morgan fingerprint density at radius 1 is 1.03 bits per heavy atom. The smallest absolute Gasteiger partial charge is 0.243 e. The zero-order valence-electron chi connectivity index (χ0n) is 17.5. The van der Waals surface area contributed by atoms with Crippen LogP contribution in [0, 0.1) is 5.82 Å². The summed E-state index contributed by atoms with van der Waals surface area (Å²) in [5.41, 5.74) is 1.09. The number of thiocarbonyl (C=S) groups is 1. The van der Waals surface area contributed by atoms with Gasteiger partial charge in [0.25, 0.3) is 0 Å². The van der Waals surface area contributed by atoms with E-state index in [1.807, 2.05) is 23.1 Å². The molecule has 1 saturated heterocycles. The number of rotatable bonds is 7. The predicted octanol–water partition coefficient (Wildman–Crippen LogP) is 2.27. The van der Waals surface area contributed by atoms with Gasteiger partial charge in [-0.05, 0) is 60.6 Å². The normalized spacial score (nSPS) is 14.9. The Balaban J connectivity index is 1.48. The first-order valence-electron chi connectivity index (χ1n) is 9.84. The van der Waals surface area contributed by atoms with Crippen molar-refractivity contribution in [3.63, 3.8) is 0 Å². The van der Waals surface area contributed by atoms with Gasteiger partial charge < -0.3 is 19.7 Å². The minimum Gasteiger partial charge on any atom is -0.493 e. The molecule has 0 amide bonds. The predicted molar refractivity (Wildman–Crippen MR) is 121 cm³/mol. The Bertz CT molecular complexity index is 1010. The first kappa shape index (κ1) is 23.2. The fourth-order valence-corrected chi connectivity index (χ4v) is 5.06. The second kappa shape index (κ2) is 10.3. The van der Waals surface area contributed by atoms with Gasteiger partial charge in [0.2, 0.25) is 10.0 Å². The van der Waals surface area contributed by atoms with E-state index in [2.05, 4.69) is 5.32 Å². The maximum absolute atomic E-state index is 13.1. The molecule has 0 unspecified atom stereocenters. The molecule has 0 spiro atoms. The van der Waals surface area contributed by atoms with Crippen LogP contribution in [0.3, 0.4) is 0 Å². The van der Waals surface area contributed by atoms with Crippen molar-refractivity contribution in [1.29, 1.82) is 0 Å². The van der Waals surface area contributed by atoms with Gasteiger partial charge in [-0.15, -0.1) is 0 Å². The third kappa shape index (κ3) is 5.63. The Morgan fingerprint density at radius 2 is 1.68 bits per heavy atom. The fraction of sp³-hybridized carbons (Fsp3) is 0.381. The van der Waals surface area contributed by atoms with Crippen molar-refractivity contribution in [3.8, 4) is 11.5 Å². The Kier molecular flexibility index (Phi) is 7.69. The molecule has 2 aromatic carbocycles. The minimum atomic E-state index is -3.64. The zero-order valence-corrected chi connectivity index (χ0v) is 19.1. The van der Waals surface area contributed by atoms with Crippen molar-refractivity contribution >= 4 is 27.4 Å². The number of halogens is 1. The van der Waals surface area contributed by atoms with Crippen molar-refractivity contribution < 1.29 is 22.3 Å². The molecule has 0 radical (unpaired) electrons. The van der Waals surface area contributed by atoms with Gasteiger partial charge in [0, 0.05) is 32.7 Å². The molecule has 1 fully saturated rings. The molecular weight excluding hydrogens is 441 g/mol. The van der Waals surface area contributed by atoms with E-state index in [9.17, 15) is 12.8 Å². The molecule has 1 heterocycles. The summed E-state index contributed by atoms with van der Waals surface area (Å²) >= 11 is 5.48. The van der Waals surface area contributed by atoms with Crippen LogP contribution in [0.15, 0.2) is 47.4 Å². The lowest BCUT2D eigenvalue weighted by Gasteiger charge is -2.35. The topological polar surface area (TPSA) is 71.1 Å². The summed E-state index contributed by atoms with van der Waals surface area (Å²) in [7, 11) is -0.438. The molecule has 2 aromatic rings. The van der Waals surface area contributed by atoms with Crippen molar-refractivity contribution in [2.45, 2.75) is 11.3 Å². The average molecular weight is 468 g/mol. The fourth-order valence-electron chi connectivity index (χ4n) is 3.35. The molecule has 1 aliphatic rings. The minimum absolute atomic E-state index is 0.0953. The lowest BCUT2D eigenvalue weighted by atomic mass is 10.1. The highest BCUT2D eigenvalue weighted by Crippen LogP contribution is 2.27. The first-order chi connectivity index (χ1) is 14.8. The van der Waals surface area contributed by atoms with Crippen molar-refractivity contribution in [2.24, 2.45) is 0 Å². The quantitative estimate of drug-likeness (QED) is 0.627. The van der Waals surface area contributed by atoms with E-state index in [1.165, 1.54) is 16.4 Å². The van der Waals surface area contributed by atoms with Gasteiger partial charge >= 0.3 is 0 Å². The number of piperazine rings is 1. The van der Waals surface area contributed by atoms with E-state index >= 15 is 0 Å². The lowest BCUT2D eigenvalue weighted by Crippen LogP contribution is -2.53. The number of nitrogens with one attached hydrogen (secondary N) is 1. The molecule has 0 bridgehead atoms. The molecule has 10 heteroatoms. The molecule has 0 aromatic heterocycles. The van der Waals surface area contributed by atoms with Crippen LogP contribution in [0.5, 0.6) is 11.5 Å². The average Bonchev–Trinajstić information content (AvgIpc) is 2.79. The van der Waals surface area contributed by atoms with Gasteiger partial charge in [-0.1, -0.05) is 6.07 Å². The van der Waals surface area contributed by atoms with Gasteiger partial charge in [-0.25, -0.2) is 12.8 Å². The summed E-state index contributed by atoms with van der Waals surface area (Å²) < 4.78 is 50.5. The molecule has 7 nitrogen and oxygen atoms in total. The van der Waals surface area contributed by atoms with Crippen molar-refractivity contribution in [2.75, 3.05) is 46.9 Å². The number of hydrogen-bond donors (Lipinski definition) is 1. The molecule has 168 valence electrons. The van der Waals surface area contributed by atoms with Crippen LogP contribution in [0.1, 0.15) is 5.56 Å². The Morgan fingerprint density at radius 3 is 2.29 bits per heavy atom. The van der Waals surface area contributed by atoms with Crippen LogP contribution >= 0.6 is 12.2 Å². The molecule has 0 saturated carbocycles. The van der Waals surface area contributed by atoms with Crippen LogP contribution in [0.25, 0.3) is 0 Å². The second-order valence-corrected chi connectivity index (χ2v) is 9.34. The Hall–Kier alpha value is -2.43. The van der Waals surface area contributed by atoms with Crippen LogP contribution in [0.4, 0.5) is 4.39 Å². The van der Waals surface area contributed by atoms with E-state index < -0.39 is 15.8 Å². The second-order valence-electron chi connectivity index (χ2n) is 7.02. The van der Waals surface area contributed by atoms with Gasteiger partial charge in [-0.3, -0.25) is 0 Å². The van der Waals surface area contributed by atoms with Crippen LogP contribution in [0.2, 0.25) is 0 Å². The zero-order chi connectivity index (χ0) is 22.4. The van der Waals surface area contributed by atoms with Gasteiger partial charge in [0.1, 0.15) is 5.82 Å². The van der Waals surface area contributed by atoms with Gasteiger partial charge in [0.05, 0.1) is 19.1 Å². The largest absolute Gasteiger partial charge is 0.493 e. The molecule has 0 aliphatic carbocycles. The molecular formula is C21H26FN3O4S2. The molecule has 3 rings (SSSR count). The molecule has 0 atom stereocenters. The van der Waals surface area contributed by atoms with E-state index in [1.54, 1.807) is 14.2 Å². The number of benzene rings is 2. The van der Waals surface area contributed by atoms with E-state index in [4.69, 9.17) is 21.7 Å². The third-order valence-corrected chi connectivity index (χ3v) is 7.43. The summed E-state index contributed by atoms with van der Waals surface area (Å²) in [5.74, 6) is 0.900. The highest BCUT2D eigenvalue weighted by molar-refractivity contribution is 7.89. The number of sulfonamides is 1. The molecule has 1 N–H and O–H groups in total. The van der Waals surface area contributed by atoms with Crippen LogP contribution in [-0.2, 0) is 16.4 Å². The van der Waals surface area contributed by atoms with E-state index in [0.717, 1.165) is 24.1 Å². The van der Waals surface area contributed by atoms with Crippen LogP contribution in [-0.4, -0.2) is 69.7 Å². The number of ether oxygens (including phenoxy) is 2. The summed E-state index contributed by atoms with van der Waals surface area (Å²) in [6, 6.07) is 10.7. The summed E-state index contributed by atoms with van der Waals surface area (Å²) in [6.07, 6.45) is 0.749. The third-order valence-electron chi connectivity index (χ3n) is 5.12.